The zero-order valence-corrected chi connectivity index (χ0v) is 12.5. The highest BCUT2D eigenvalue weighted by molar-refractivity contribution is 6.18. The quantitative estimate of drug-likeness (QED) is 0.726. The Morgan fingerprint density at radius 3 is 1.28 bits per heavy atom. The Bertz CT molecular complexity index is 161. The Morgan fingerprint density at radius 2 is 1.00 bits per heavy atom. The predicted molar refractivity (Wildman–Crippen MR) is 76.0 cm³/mol. The van der Waals surface area contributed by atoms with Crippen LogP contribution in [0.15, 0.2) is 0 Å². The molecule has 0 spiro atoms. The zero-order chi connectivity index (χ0) is 13.1. The number of halogens is 2. The summed E-state index contributed by atoms with van der Waals surface area (Å²) in [5, 5.41) is 0. The lowest BCUT2D eigenvalue weighted by Crippen LogP contribution is -2.37. The minimum atomic E-state index is 0.736. The molecule has 0 bridgehead atoms. The van der Waals surface area contributed by atoms with Crippen LogP contribution in [0.25, 0.3) is 0 Å². The second-order valence-electron chi connectivity index (χ2n) is 4.29. The first-order chi connectivity index (χ1) is 8.86. The van der Waals surface area contributed by atoms with Crippen LogP contribution >= 0.6 is 23.2 Å². The van der Waals surface area contributed by atoms with Gasteiger partial charge >= 0.3 is 0 Å². The van der Waals surface area contributed by atoms with E-state index >= 15 is 0 Å². The van der Waals surface area contributed by atoms with Gasteiger partial charge < -0.3 is 9.47 Å². The summed E-state index contributed by atoms with van der Waals surface area (Å²) in [6.45, 7) is 9.69. The van der Waals surface area contributed by atoms with Crippen LogP contribution in [-0.4, -0.2) is 87.3 Å². The van der Waals surface area contributed by atoms with Gasteiger partial charge in [0.05, 0.1) is 26.4 Å². The Hall–Kier alpha value is 0.420. The molecule has 2 heterocycles. The molecule has 0 aromatic carbocycles. The van der Waals surface area contributed by atoms with Crippen molar-refractivity contribution in [2.45, 2.75) is 0 Å². The molecule has 0 radical (unpaired) electrons. The van der Waals surface area contributed by atoms with Gasteiger partial charge in [-0.3, -0.25) is 9.80 Å². The summed E-state index contributed by atoms with van der Waals surface area (Å²) < 4.78 is 10.3. The second-order valence-corrected chi connectivity index (χ2v) is 5.04. The molecule has 2 fully saturated rings. The lowest BCUT2D eigenvalue weighted by Gasteiger charge is -2.25. The molecule has 0 N–H and O–H groups in total. The first kappa shape index (κ1) is 16.5. The van der Waals surface area contributed by atoms with Gasteiger partial charge in [0, 0.05) is 51.0 Å². The smallest absolute Gasteiger partial charge is 0.0594 e. The Balaban J connectivity index is 0.000000180. The van der Waals surface area contributed by atoms with Crippen LogP contribution in [0.2, 0.25) is 0 Å². The van der Waals surface area contributed by atoms with E-state index in [1.54, 1.807) is 0 Å². The Kier molecular flexibility index (Phi) is 10.3. The van der Waals surface area contributed by atoms with Gasteiger partial charge in [-0.15, -0.1) is 23.2 Å². The molecule has 108 valence electrons. The lowest BCUT2D eigenvalue weighted by molar-refractivity contribution is 0.0408. The van der Waals surface area contributed by atoms with Crippen LogP contribution in [0, 0.1) is 0 Å². The van der Waals surface area contributed by atoms with Gasteiger partial charge in [0.15, 0.2) is 0 Å². The van der Waals surface area contributed by atoms with E-state index in [1.165, 1.54) is 0 Å². The number of alkyl halides is 2. The van der Waals surface area contributed by atoms with Crippen molar-refractivity contribution >= 4 is 23.2 Å². The van der Waals surface area contributed by atoms with Crippen molar-refractivity contribution in [2.75, 3.05) is 77.5 Å². The van der Waals surface area contributed by atoms with Crippen molar-refractivity contribution in [3.05, 3.63) is 0 Å². The van der Waals surface area contributed by atoms with E-state index in [9.17, 15) is 0 Å². The number of morpholine rings is 2. The van der Waals surface area contributed by atoms with Gasteiger partial charge in [0.25, 0.3) is 0 Å². The maximum absolute atomic E-state index is 5.55. The van der Waals surface area contributed by atoms with Crippen LogP contribution in [0.5, 0.6) is 0 Å². The molecular weight excluding hydrogens is 275 g/mol. The first-order valence-corrected chi connectivity index (χ1v) is 7.66. The topological polar surface area (TPSA) is 24.9 Å². The van der Waals surface area contributed by atoms with E-state index in [4.69, 9.17) is 32.7 Å². The van der Waals surface area contributed by atoms with Crippen LogP contribution in [0.4, 0.5) is 0 Å². The molecule has 4 nitrogen and oxygen atoms in total. The number of rotatable bonds is 4. The Morgan fingerprint density at radius 1 is 0.667 bits per heavy atom. The van der Waals surface area contributed by atoms with Crippen LogP contribution in [0.1, 0.15) is 0 Å². The summed E-state index contributed by atoms with van der Waals surface area (Å²) in [6.07, 6.45) is 0. The van der Waals surface area contributed by atoms with Crippen LogP contribution < -0.4 is 0 Å². The molecule has 0 amide bonds. The molecule has 2 aliphatic rings. The highest BCUT2D eigenvalue weighted by Crippen LogP contribution is 1.96. The average Bonchev–Trinajstić information content (AvgIpc) is 2.43. The van der Waals surface area contributed by atoms with E-state index in [0.717, 1.165) is 77.5 Å². The second kappa shape index (κ2) is 11.3. The molecule has 0 aromatic rings. The molecule has 6 heteroatoms. The van der Waals surface area contributed by atoms with E-state index in [1.807, 2.05) is 0 Å². The maximum Gasteiger partial charge on any atom is 0.0594 e. The average molecular weight is 299 g/mol. The largest absolute Gasteiger partial charge is 0.379 e. The SMILES string of the molecule is ClCCN1CCOCC1.ClCCN1CCOCC1. The zero-order valence-electron chi connectivity index (χ0n) is 11.0. The molecule has 0 atom stereocenters. The number of hydrogen-bond donors (Lipinski definition) is 0. The van der Waals surface area contributed by atoms with Crippen molar-refractivity contribution in [1.82, 2.24) is 9.80 Å². The van der Waals surface area contributed by atoms with E-state index in [0.29, 0.717) is 0 Å². The molecule has 0 unspecified atom stereocenters. The molecule has 2 saturated heterocycles. The third-order valence-electron chi connectivity index (χ3n) is 3.01. The number of nitrogens with zero attached hydrogens (tertiary/aromatic N) is 2. The van der Waals surface area contributed by atoms with Gasteiger partial charge in [-0.2, -0.15) is 0 Å². The van der Waals surface area contributed by atoms with Crippen molar-refractivity contribution < 1.29 is 9.47 Å². The fourth-order valence-corrected chi connectivity index (χ4v) is 2.37. The number of hydrogen-bond acceptors (Lipinski definition) is 4. The van der Waals surface area contributed by atoms with E-state index in [2.05, 4.69) is 9.80 Å². The molecular formula is C12H24Cl2N2O2. The molecule has 0 aromatic heterocycles. The summed E-state index contributed by atoms with van der Waals surface area (Å²) in [7, 11) is 0. The third-order valence-corrected chi connectivity index (χ3v) is 3.35. The van der Waals surface area contributed by atoms with Gasteiger partial charge in [0.1, 0.15) is 0 Å². The van der Waals surface area contributed by atoms with Gasteiger partial charge in [-0.25, -0.2) is 0 Å². The molecule has 0 aliphatic carbocycles. The third kappa shape index (κ3) is 7.77. The highest BCUT2D eigenvalue weighted by atomic mass is 35.5. The molecule has 0 saturated carbocycles. The summed E-state index contributed by atoms with van der Waals surface area (Å²) in [6, 6.07) is 0. The van der Waals surface area contributed by atoms with Gasteiger partial charge in [0.2, 0.25) is 0 Å². The molecule has 2 aliphatic heterocycles. The van der Waals surface area contributed by atoms with Crippen molar-refractivity contribution in [3.8, 4) is 0 Å². The first-order valence-electron chi connectivity index (χ1n) is 6.59. The van der Waals surface area contributed by atoms with E-state index < -0.39 is 0 Å². The molecule has 18 heavy (non-hydrogen) atoms. The van der Waals surface area contributed by atoms with Crippen LogP contribution in [0.3, 0.4) is 0 Å². The predicted octanol–water partition coefficient (Wildman–Crippen LogP) is 1.11. The highest BCUT2D eigenvalue weighted by Gasteiger charge is 2.08. The summed E-state index contributed by atoms with van der Waals surface area (Å²) >= 11 is 11.1. The van der Waals surface area contributed by atoms with Gasteiger partial charge in [-0.05, 0) is 0 Å². The van der Waals surface area contributed by atoms with Crippen molar-refractivity contribution in [1.29, 1.82) is 0 Å². The fraction of sp³-hybridized carbons (Fsp3) is 1.00. The van der Waals surface area contributed by atoms with Crippen LogP contribution in [-0.2, 0) is 9.47 Å². The fourth-order valence-electron chi connectivity index (χ4n) is 1.89. The van der Waals surface area contributed by atoms with E-state index in [-0.39, 0.29) is 0 Å². The van der Waals surface area contributed by atoms with Gasteiger partial charge in [-0.1, -0.05) is 0 Å². The maximum atomic E-state index is 5.55. The normalized spacial score (nSPS) is 22.3. The number of ether oxygens (including phenoxy) is 2. The summed E-state index contributed by atoms with van der Waals surface area (Å²) in [4.78, 5) is 4.63. The van der Waals surface area contributed by atoms with Crippen molar-refractivity contribution in [2.24, 2.45) is 0 Å². The molecule has 2 rings (SSSR count). The summed E-state index contributed by atoms with van der Waals surface area (Å²) in [5.74, 6) is 1.47. The Labute approximate surface area is 120 Å². The minimum Gasteiger partial charge on any atom is -0.379 e. The minimum absolute atomic E-state index is 0.736. The monoisotopic (exact) mass is 298 g/mol. The lowest BCUT2D eigenvalue weighted by atomic mass is 10.4. The summed E-state index contributed by atoms with van der Waals surface area (Å²) in [5.41, 5.74) is 0. The van der Waals surface area contributed by atoms with Crippen molar-refractivity contribution in [3.63, 3.8) is 0 Å². The standard InChI is InChI=1S/2C6H12ClNO/c2*7-1-2-8-3-5-9-6-4-8/h2*1-6H2.